The van der Waals surface area contributed by atoms with Crippen LogP contribution in [-0.4, -0.2) is 10.9 Å². The lowest BCUT2D eigenvalue weighted by atomic mass is 10.0. The van der Waals surface area contributed by atoms with Crippen LogP contribution in [0.1, 0.15) is 12.0 Å². The molecule has 80 valence electrons. The van der Waals surface area contributed by atoms with Gasteiger partial charge in [-0.25, -0.2) is 0 Å². The quantitative estimate of drug-likeness (QED) is 0.358. The van der Waals surface area contributed by atoms with Crippen LogP contribution in [0.2, 0.25) is 0 Å². The van der Waals surface area contributed by atoms with E-state index in [0.29, 0.717) is 12.1 Å². The molecule has 2 heteroatoms. The molecule has 0 bridgehead atoms. The Balaban J connectivity index is 2.50. The van der Waals surface area contributed by atoms with Crippen LogP contribution in [-0.2, 0) is 0 Å². The molecule has 0 unspecified atom stereocenters. The summed E-state index contributed by atoms with van der Waals surface area (Å²) < 4.78 is 0. The molecule has 16 heavy (non-hydrogen) atoms. The molecule has 0 aromatic heterocycles. The van der Waals surface area contributed by atoms with Gasteiger partial charge in [0.25, 0.3) is 0 Å². The molecule has 2 rings (SSSR count). The number of fused-ring (bicyclic) bond motifs is 1. The Morgan fingerprint density at radius 1 is 1.19 bits per heavy atom. The van der Waals surface area contributed by atoms with Gasteiger partial charge in [0.05, 0.1) is 5.71 Å². The molecular weight excluding hydrogens is 198 g/mol. The Morgan fingerprint density at radius 2 is 1.94 bits per heavy atom. The number of allylic oxidation sites excluding steroid dienone is 1. The highest BCUT2D eigenvalue weighted by Crippen LogP contribution is 2.17. The van der Waals surface area contributed by atoms with Crippen molar-refractivity contribution in [1.29, 1.82) is 0 Å². The van der Waals surface area contributed by atoms with Crippen LogP contribution in [0.3, 0.4) is 0 Å². The van der Waals surface area contributed by atoms with E-state index in [1.54, 1.807) is 6.08 Å². The van der Waals surface area contributed by atoms with E-state index in [1.165, 1.54) is 5.39 Å². The molecule has 0 radical (unpaired) electrons. The van der Waals surface area contributed by atoms with Crippen LogP contribution in [0.15, 0.2) is 60.3 Å². The average molecular weight is 211 g/mol. The second-order valence-corrected chi connectivity index (χ2v) is 3.60. The summed E-state index contributed by atoms with van der Waals surface area (Å²) in [5.41, 5.74) is 1.57. The zero-order chi connectivity index (χ0) is 11.4. The minimum atomic E-state index is 0.564. The Hall–Kier alpha value is -2.09. The van der Waals surface area contributed by atoms with Gasteiger partial charge in [-0.05, 0) is 16.8 Å². The topological polar surface area (TPSA) is 32.6 Å². The molecule has 0 aliphatic carbocycles. The maximum absolute atomic E-state index is 8.92. The molecular formula is C14H13NO. The van der Waals surface area contributed by atoms with Crippen molar-refractivity contribution in [2.24, 2.45) is 5.16 Å². The zero-order valence-electron chi connectivity index (χ0n) is 8.93. The fourth-order valence-corrected chi connectivity index (χ4v) is 1.72. The molecule has 1 N–H and O–H groups in total. The normalized spacial score (nSPS) is 11.6. The number of hydrogen-bond donors (Lipinski definition) is 1. The molecule has 0 aliphatic rings. The van der Waals surface area contributed by atoms with Crippen LogP contribution in [0.25, 0.3) is 10.8 Å². The first-order valence-electron chi connectivity index (χ1n) is 5.16. The standard InChI is InChI=1S/C14H13NO/c1-2-5-14(15-16)13-9-8-11-6-3-4-7-12(11)10-13/h2-4,6-10,16H,1,5H2. The summed E-state index contributed by atoms with van der Waals surface area (Å²) in [6.07, 6.45) is 2.29. The van der Waals surface area contributed by atoms with E-state index in [1.807, 2.05) is 36.4 Å². The summed E-state index contributed by atoms with van der Waals surface area (Å²) in [7, 11) is 0. The van der Waals surface area contributed by atoms with Crippen molar-refractivity contribution in [3.05, 3.63) is 60.7 Å². The molecule has 2 nitrogen and oxygen atoms in total. The van der Waals surface area contributed by atoms with Gasteiger partial charge in [-0.15, -0.1) is 6.58 Å². The smallest absolute Gasteiger partial charge is 0.0905 e. The highest BCUT2D eigenvalue weighted by atomic mass is 16.4. The van der Waals surface area contributed by atoms with Gasteiger partial charge in [-0.2, -0.15) is 0 Å². The van der Waals surface area contributed by atoms with Gasteiger partial charge < -0.3 is 5.21 Å². The largest absolute Gasteiger partial charge is 0.411 e. The highest BCUT2D eigenvalue weighted by Gasteiger charge is 2.03. The first-order valence-corrected chi connectivity index (χ1v) is 5.16. The van der Waals surface area contributed by atoms with Crippen LogP contribution < -0.4 is 0 Å². The fourth-order valence-electron chi connectivity index (χ4n) is 1.72. The van der Waals surface area contributed by atoms with E-state index in [-0.39, 0.29) is 0 Å². The molecule has 0 atom stereocenters. The van der Waals surface area contributed by atoms with E-state index in [2.05, 4.69) is 17.8 Å². The van der Waals surface area contributed by atoms with E-state index in [9.17, 15) is 0 Å². The Labute approximate surface area is 94.5 Å². The van der Waals surface area contributed by atoms with Crippen molar-refractivity contribution < 1.29 is 5.21 Å². The predicted molar refractivity (Wildman–Crippen MR) is 67.1 cm³/mol. The molecule has 0 amide bonds. The third-order valence-electron chi connectivity index (χ3n) is 2.54. The van der Waals surface area contributed by atoms with Gasteiger partial charge >= 0.3 is 0 Å². The molecule has 0 saturated heterocycles. The minimum absolute atomic E-state index is 0.564. The first-order chi connectivity index (χ1) is 7.85. The fraction of sp³-hybridized carbons (Fsp3) is 0.0714. The monoisotopic (exact) mass is 211 g/mol. The van der Waals surface area contributed by atoms with Crippen LogP contribution in [0.5, 0.6) is 0 Å². The van der Waals surface area contributed by atoms with E-state index in [0.717, 1.165) is 10.9 Å². The molecule has 0 fully saturated rings. The average Bonchev–Trinajstić information content (AvgIpc) is 2.35. The van der Waals surface area contributed by atoms with Crippen molar-refractivity contribution >= 4 is 16.5 Å². The third-order valence-corrected chi connectivity index (χ3v) is 2.54. The van der Waals surface area contributed by atoms with Gasteiger partial charge in [-0.1, -0.05) is 47.6 Å². The van der Waals surface area contributed by atoms with Crippen LogP contribution in [0, 0.1) is 0 Å². The molecule has 2 aromatic carbocycles. The van der Waals surface area contributed by atoms with Gasteiger partial charge in [0, 0.05) is 12.0 Å². The van der Waals surface area contributed by atoms with Gasteiger partial charge in [-0.3, -0.25) is 0 Å². The molecule has 0 aliphatic heterocycles. The van der Waals surface area contributed by atoms with Crippen molar-refractivity contribution in [1.82, 2.24) is 0 Å². The lowest BCUT2D eigenvalue weighted by molar-refractivity contribution is 0.318. The molecule has 0 spiro atoms. The zero-order valence-corrected chi connectivity index (χ0v) is 8.93. The Bertz CT molecular complexity index is 543. The van der Waals surface area contributed by atoms with Crippen molar-refractivity contribution in [3.8, 4) is 0 Å². The number of rotatable bonds is 3. The second-order valence-electron chi connectivity index (χ2n) is 3.60. The maximum Gasteiger partial charge on any atom is 0.0905 e. The van der Waals surface area contributed by atoms with Gasteiger partial charge in [0.15, 0.2) is 0 Å². The molecule has 0 heterocycles. The third kappa shape index (κ3) is 1.96. The number of benzene rings is 2. The SMILES string of the molecule is C=CCC(=NO)c1ccc2ccccc2c1. The van der Waals surface area contributed by atoms with Crippen LogP contribution >= 0.6 is 0 Å². The van der Waals surface area contributed by atoms with Gasteiger partial charge in [0.2, 0.25) is 0 Å². The van der Waals surface area contributed by atoms with E-state index < -0.39 is 0 Å². The van der Waals surface area contributed by atoms with E-state index >= 15 is 0 Å². The number of nitrogens with zero attached hydrogens (tertiary/aromatic N) is 1. The summed E-state index contributed by atoms with van der Waals surface area (Å²) >= 11 is 0. The summed E-state index contributed by atoms with van der Waals surface area (Å²) in [5.74, 6) is 0. The summed E-state index contributed by atoms with van der Waals surface area (Å²) in [4.78, 5) is 0. The minimum Gasteiger partial charge on any atom is -0.411 e. The Morgan fingerprint density at radius 3 is 2.62 bits per heavy atom. The lowest BCUT2D eigenvalue weighted by Crippen LogP contribution is -1.98. The predicted octanol–water partition coefficient (Wildman–Crippen LogP) is 3.59. The Kier molecular flexibility index (Phi) is 3.01. The number of hydrogen-bond acceptors (Lipinski definition) is 2. The highest BCUT2D eigenvalue weighted by molar-refractivity contribution is 6.03. The van der Waals surface area contributed by atoms with Crippen molar-refractivity contribution in [3.63, 3.8) is 0 Å². The lowest BCUT2D eigenvalue weighted by Gasteiger charge is -2.03. The summed E-state index contributed by atoms with van der Waals surface area (Å²) in [5, 5.41) is 14.5. The van der Waals surface area contributed by atoms with Crippen LogP contribution in [0.4, 0.5) is 0 Å². The first kappa shape index (κ1) is 10.4. The van der Waals surface area contributed by atoms with Gasteiger partial charge in [0.1, 0.15) is 0 Å². The molecule has 2 aromatic rings. The second kappa shape index (κ2) is 4.62. The number of oxime groups is 1. The summed E-state index contributed by atoms with van der Waals surface area (Å²) in [6, 6.07) is 14.1. The van der Waals surface area contributed by atoms with Crippen molar-refractivity contribution in [2.45, 2.75) is 6.42 Å². The maximum atomic E-state index is 8.92. The van der Waals surface area contributed by atoms with E-state index in [4.69, 9.17) is 5.21 Å². The van der Waals surface area contributed by atoms with Crippen molar-refractivity contribution in [2.75, 3.05) is 0 Å². The summed E-state index contributed by atoms with van der Waals surface area (Å²) in [6.45, 7) is 3.64. The molecule has 0 saturated carbocycles.